The van der Waals surface area contributed by atoms with Crippen LogP contribution < -0.4 is 15.4 Å². The Morgan fingerprint density at radius 1 is 1.22 bits per heavy atom. The molecule has 18 heavy (non-hydrogen) atoms. The topological polar surface area (TPSA) is 42.5 Å². The SMILES string of the molecule is COCCNC(=S)NCCc1cccc(OC)c1. The normalized spacial score (nSPS) is 9.89. The van der Waals surface area contributed by atoms with E-state index >= 15 is 0 Å². The summed E-state index contributed by atoms with van der Waals surface area (Å²) in [5.74, 6) is 0.883. The standard InChI is InChI=1S/C13H20N2O2S/c1-16-9-8-15-13(18)14-7-6-11-4-3-5-12(10-11)17-2/h3-5,10H,6-9H2,1-2H3,(H2,14,15,18). The van der Waals surface area contributed by atoms with Gasteiger partial charge in [-0.1, -0.05) is 12.1 Å². The molecular formula is C13H20N2O2S. The highest BCUT2D eigenvalue weighted by Crippen LogP contribution is 2.12. The zero-order chi connectivity index (χ0) is 13.2. The minimum Gasteiger partial charge on any atom is -0.497 e. The van der Waals surface area contributed by atoms with Gasteiger partial charge in [-0.2, -0.15) is 0 Å². The molecule has 100 valence electrons. The zero-order valence-electron chi connectivity index (χ0n) is 10.9. The first-order valence-corrected chi connectivity index (χ1v) is 6.30. The number of hydrogen-bond acceptors (Lipinski definition) is 3. The van der Waals surface area contributed by atoms with Crippen LogP contribution in [0.1, 0.15) is 5.56 Å². The van der Waals surface area contributed by atoms with Gasteiger partial charge >= 0.3 is 0 Å². The predicted octanol–water partition coefficient (Wildman–Crippen LogP) is 1.35. The minimum atomic E-state index is 0.651. The maximum absolute atomic E-state index is 5.18. The predicted molar refractivity (Wildman–Crippen MR) is 77.2 cm³/mol. The van der Waals surface area contributed by atoms with E-state index in [0.29, 0.717) is 11.7 Å². The van der Waals surface area contributed by atoms with Crippen molar-refractivity contribution >= 4 is 17.3 Å². The summed E-state index contributed by atoms with van der Waals surface area (Å²) in [6.45, 7) is 2.17. The molecule has 5 heteroatoms. The molecule has 0 spiro atoms. The number of thiocarbonyl (C=S) groups is 1. The lowest BCUT2D eigenvalue weighted by Gasteiger charge is -2.10. The van der Waals surface area contributed by atoms with E-state index in [1.54, 1.807) is 14.2 Å². The van der Waals surface area contributed by atoms with Crippen molar-refractivity contribution in [1.82, 2.24) is 10.6 Å². The van der Waals surface area contributed by atoms with E-state index in [-0.39, 0.29) is 0 Å². The molecule has 0 aliphatic carbocycles. The fourth-order valence-corrected chi connectivity index (χ4v) is 1.68. The Balaban J connectivity index is 2.22. The van der Waals surface area contributed by atoms with Crippen LogP contribution >= 0.6 is 12.2 Å². The van der Waals surface area contributed by atoms with Crippen molar-refractivity contribution in [2.24, 2.45) is 0 Å². The van der Waals surface area contributed by atoms with Crippen LogP contribution in [0.2, 0.25) is 0 Å². The van der Waals surface area contributed by atoms with Gasteiger partial charge < -0.3 is 20.1 Å². The van der Waals surface area contributed by atoms with Crippen LogP contribution in [0.15, 0.2) is 24.3 Å². The first-order valence-electron chi connectivity index (χ1n) is 5.90. The Kier molecular flexibility index (Phi) is 7.13. The van der Waals surface area contributed by atoms with Crippen LogP contribution in [-0.2, 0) is 11.2 Å². The smallest absolute Gasteiger partial charge is 0.166 e. The van der Waals surface area contributed by atoms with Crippen molar-refractivity contribution in [2.75, 3.05) is 33.9 Å². The summed E-state index contributed by atoms with van der Waals surface area (Å²) in [4.78, 5) is 0. The number of benzene rings is 1. The van der Waals surface area contributed by atoms with Gasteiger partial charge in [-0.15, -0.1) is 0 Å². The third-order valence-corrected chi connectivity index (χ3v) is 2.71. The Morgan fingerprint density at radius 3 is 2.72 bits per heavy atom. The van der Waals surface area contributed by atoms with Crippen molar-refractivity contribution in [2.45, 2.75) is 6.42 Å². The van der Waals surface area contributed by atoms with Gasteiger partial charge in [0, 0.05) is 20.2 Å². The molecule has 0 saturated carbocycles. The molecule has 2 N–H and O–H groups in total. The van der Waals surface area contributed by atoms with E-state index in [4.69, 9.17) is 21.7 Å². The number of ether oxygens (including phenoxy) is 2. The Hall–Kier alpha value is -1.33. The van der Waals surface area contributed by atoms with Crippen LogP contribution in [-0.4, -0.2) is 39.0 Å². The summed E-state index contributed by atoms with van der Waals surface area (Å²) in [7, 11) is 3.34. The highest BCUT2D eigenvalue weighted by atomic mass is 32.1. The van der Waals surface area contributed by atoms with Gasteiger partial charge in [-0.3, -0.25) is 0 Å². The Bertz CT molecular complexity index is 372. The molecule has 0 aliphatic heterocycles. The molecule has 0 bridgehead atoms. The number of nitrogens with one attached hydrogen (secondary N) is 2. The maximum atomic E-state index is 5.18. The van der Waals surface area contributed by atoms with Gasteiger partial charge in [0.15, 0.2) is 5.11 Å². The monoisotopic (exact) mass is 268 g/mol. The van der Waals surface area contributed by atoms with Crippen molar-refractivity contribution in [3.8, 4) is 5.75 Å². The van der Waals surface area contributed by atoms with Gasteiger partial charge in [0.2, 0.25) is 0 Å². The van der Waals surface area contributed by atoms with E-state index in [2.05, 4.69) is 16.7 Å². The Morgan fingerprint density at radius 2 is 2.00 bits per heavy atom. The van der Waals surface area contributed by atoms with E-state index < -0.39 is 0 Å². The third-order valence-electron chi connectivity index (χ3n) is 2.43. The average Bonchev–Trinajstić information content (AvgIpc) is 2.39. The van der Waals surface area contributed by atoms with Crippen molar-refractivity contribution in [3.63, 3.8) is 0 Å². The highest BCUT2D eigenvalue weighted by molar-refractivity contribution is 7.80. The second-order valence-corrected chi connectivity index (χ2v) is 4.19. The lowest BCUT2D eigenvalue weighted by molar-refractivity contribution is 0.204. The number of rotatable bonds is 7. The van der Waals surface area contributed by atoms with Crippen molar-refractivity contribution in [3.05, 3.63) is 29.8 Å². The summed E-state index contributed by atoms with van der Waals surface area (Å²) in [5, 5.41) is 6.88. The van der Waals surface area contributed by atoms with Crippen LogP contribution in [0.3, 0.4) is 0 Å². The van der Waals surface area contributed by atoms with Crippen LogP contribution in [0.5, 0.6) is 5.75 Å². The second kappa shape index (κ2) is 8.72. The lowest BCUT2D eigenvalue weighted by Crippen LogP contribution is -2.37. The minimum absolute atomic E-state index is 0.651. The molecule has 0 aromatic heterocycles. The molecule has 0 atom stereocenters. The van der Waals surface area contributed by atoms with Gasteiger partial charge in [0.1, 0.15) is 5.75 Å². The van der Waals surface area contributed by atoms with Crippen LogP contribution in [0, 0.1) is 0 Å². The fourth-order valence-electron chi connectivity index (χ4n) is 1.48. The molecule has 0 radical (unpaired) electrons. The molecule has 0 saturated heterocycles. The summed E-state index contributed by atoms with van der Waals surface area (Å²) in [6, 6.07) is 8.03. The number of methoxy groups -OCH3 is 2. The second-order valence-electron chi connectivity index (χ2n) is 3.78. The molecule has 0 unspecified atom stereocenters. The van der Waals surface area contributed by atoms with E-state index in [9.17, 15) is 0 Å². The fraction of sp³-hybridized carbons (Fsp3) is 0.462. The molecule has 0 aliphatic rings. The molecule has 1 aromatic carbocycles. The lowest BCUT2D eigenvalue weighted by atomic mass is 10.1. The summed E-state index contributed by atoms with van der Waals surface area (Å²) in [6.07, 6.45) is 0.906. The van der Waals surface area contributed by atoms with Gasteiger partial charge in [-0.25, -0.2) is 0 Å². The molecule has 0 fully saturated rings. The molecule has 1 rings (SSSR count). The molecule has 0 amide bonds. The molecule has 0 heterocycles. The quantitative estimate of drug-likeness (QED) is 0.577. The third kappa shape index (κ3) is 5.84. The van der Waals surface area contributed by atoms with Gasteiger partial charge in [0.25, 0.3) is 0 Å². The van der Waals surface area contributed by atoms with Gasteiger partial charge in [-0.05, 0) is 36.3 Å². The highest BCUT2D eigenvalue weighted by Gasteiger charge is 1.97. The van der Waals surface area contributed by atoms with Crippen molar-refractivity contribution < 1.29 is 9.47 Å². The maximum Gasteiger partial charge on any atom is 0.166 e. The molecular weight excluding hydrogens is 248 g/mol. The summed E-state index contributed by atoms with van der Waals surface area (Å²) >= 11 is 5.13. The molecule has 4 nitrogen and oxygen atoms in total. The summed E-state index contributed by atoms with van der Waals surface area (Å²) in [5.41, 5.74) is 1.22. The average molecular weight is 268 g/mol. The molecule has 1 aromatic rings. The first-order chi connectivity index (χ1) is 8.76. The summed E-state index contributed by atoms with van der Waals surface area (Å²) < 4.78 is 10.1. The van der Waals surface area contributed by atoms with Crippen LogP contribution in [0.25, 0.3) is 0 Å². The van der Waals surface area contributed by atoms with E-state index in [1.165, 1.54) is 5.56 Å². The van der Waals surface area contributed by atoms with Gasteiger partial charge in [0.05, 0.1) is 13.7 Å². The van der Waals surface area contributed by atoms with E-state index in [1.807, 2.05) is 18.2 Å². The largest absolute Gasteiger partial charge is 0.497 e. The first kappa shape index (κ1) is 14.7. The van der Waals surface area contributed by atoms with Crippen LogP contribution in [0.4, 0.5) is 0 Å². The van der Waals surface area contributed by atoms with E-state index in [0.717, 1.165) is 25.3 Å². The number of hydrogen-bond donors (Lipinski definition) is 2. The van der Waals surface area contributed by atoms with Crippen molar-refractivity contribution in [1.29, 1.82) is 0 Å². The Labute approximate surface area is 114 Å². The zero-order valence-corrected chi connectivity index (χ0v) is 11.7.